The van der Waals surface area contributed by atoms with Gasteiger partial charge in [0, 0.05) is 18.4 Å². The fourth-order valence-corrected chi connectivity index (χ4v) is 2.60. The molecular weight excluding hydrogens is 278 g/mol. The highest BCUT2D eigenvalue weighted by molar-refractivity contribution is 6.03. The third-order valence-electron chi connectivity index (χ3n) is 3.77. The summed E-state index contributed by atoms with van der Waals surface area (Å²) in [5.41, 5.74) is 3.15. The molecule has 3 rings (SSSR count). The van der Waals surface area contributed by atoms with Gasteiger partial charge in [-0.1, -0.05) is 29.4 Å². The minimum absolute atomic E-state index is 0.0632. The number of methoxy groups -OCH3 is 2. The van der Waals surface area contributed by atoms with Gasteiger partial charge in [-0.15, -0.1) is 0 Å². The summed E-state index contributed by atoms with van der Waals surface area (Å²) in [7, 11) is 3.34. The Morgan fingerprint density at radius 1 is 1.05 bits per heavy atom. The number of hydrogen-bond donors (Lipinski definition) is 0. The van der Waals surface area contributed by atoms with Gasteiger partial charge in [-0.3, -0.25) is 0 Å². The van der Waals surface area contributed by atoms with E-state index in [4.69, 9.17) is 14.3 Å². The molecule has 2 aromatic rings. The monoisotopic (exact) mass is 297 g/mol. The molecule has 1 unspecified atom stereocenters. The fraction of sp³-hybridized carbons (Fsp3) is 0.278. The summed E-state index contributed by atoms with van der Waals surface area (Å²) in [6.45, 7) is 0. The van der Waals surface area contributed by atoms with Gasteiger partial charge < -0.3 is 14.3 Å². The van der Waals surface area contributed by atoms with E-state index in [0.717, 1.165) is 35.6 Å². The molecule has 1 aliphatic heterocycles. The lowest BCUT2D eigenvalue weighted by molar-refractivity contribution is 0.0859. The Morgan fingerprint density at radius 3 is 2.55 bits per heavy atom. The van der Waals surface area contributed by atoms with E-state index >= 15 is 0 Å². The molecule has 0 bridgehead atoms. The van der Waals surface area contributed by atoms with Crippen LogP contribution < -0.4 is 9.47 Å². The molecule has 1 aliphatic rings. The highest BCUT2D eigenvalue weighted by Crippen LogP contribution is 2.26. The van der Waals surface area contributed by atoms with Gasteiger partial charge >= 0.3 is 0 Å². The average Bonchev–Trinajstić information content (AvgIpc) is 3.04. The van der Waals surface area contributed by atoms with Gasteiger partial charge in [0.15, 0.2) is 0 Å². The summed E-state index contributed by atoms with van der Waals surface area (Å²) < 4.78 is 10.6. The molecule has 4 nitrogen and oxygen atoms in total. The van der Waals surface area contributed by atoms with Crippen LogP contribution in [-0.4, -0.2) is 26.0 Å². The van der Waals surface area contributed by atoms with Crippen molar-refractivity contribution in [2.75, 3.05) is 14.2 Å². The molecular formula is C18H19NO3. The first kappa shape index (κ1) is 14.4. The highest BCUT2D eigenvalue weighted by Gasteiger charge is 2.24. The van der Waals surface area contributed by atoms with Crippen LogP contribution >= 0.6 is 0 Å². The largest absolute Gasteiger partial charge is 0.497 e. The Hall–Kier alpha value is -2.49. The van der Waals surface area contributed by atoms with E-state index < -0.39 is 0 Å². The predicted molar refractivity (Wildman–Crippen MR) is 85.7 cm³/mol. The Labute approximate surface area is 130 Å². The van der Waals surface area contributed by atoms with E-state index in [2.05, 4.69) is 17.3 Å². The Bertz CT molecular complexity index is 664. The third kappa shape index (κ3) is 3.06. The molecule has 1 heterocycles. The molecule has 0 fully saturated rings. The van der Waals surface area contributed by atoms with Crippen LogP contribution in [0.2, 0.25) is 0 Å². The predicted octanol–water partition coefficient (Wildman–Crippen LogP) is 3.44. The molecule has 0 aliphatic carbocycles. The molecule has 0 spiro atoms. The number of ether oxygens (including phenoxy) is 2. The number of oxime groups is 1. The maximum absolute atomic E-state index is 5.58. The first-order valence-corrected chi connectivity index (χ1v) is 7.29. The third-order valence-corrected chi connectivity index (χ3v) is 3.77. The molecule has 114 valence electrons. The van der Waals surface area contributed by atoms with Crippen molar-refractivity contribution in [3.63, 3.8) is 0 Å². The van der Waals surface area contributed by atoms with Crippen molar-refractivity contribution in [3.8, 4) is 11.5 Å². The minimum atomic E-state index is 0.0632. The first-order valence-electron chi connectivity index (χ1n) is 7.29. The van der Waals surface area contributed by atoms with Crippen LogP contribution in [0.1, 0.15) is 17.5 Å². The maximum Gasteiger partial charge on any atom is 0.137 e. The maximum atomic E-state index is 5.58. The number of para-hydroxylation sites is 1. The van der Waals surface area contributed by atoms with Crippen LogP contribution in [-0.2, 0) is 11.3 Å². The minimum Gasteiger partial charge on any atom is -0.497 e. The van der Waals surface area contributed by atoms with Crippen LogP contribution in [0.3, 0.4) is 0 Å². The average molecular weight is 297 g/mol. The quantitative estimate of drug-likeness (QED) is 0.848. The molecule has 1 atom stereocenters. The summed E-state index contributed by atoms with van der Waals surface area (Å²) in [5, 5.41) is 4.24. The van der Waals surface area contributed by atoms with E-state index in [9.17, 15) is 0 Å². The molecule has 0 saturated heterocycles. The normalized spacial score (nSPS) is 16.8. The Balaban J connectivity index is 1.66. The zero-order valence-corrected chi connectivity index (χ0v) is 12.8. The van der Waals surface area contributed by atoms with Crippen molar-refractivity contribution in [2.45, 2.75) is 18.9 Å². The molecule has 0 aromatic heterocycles. The lowest BCUT2D eigenvalue weighted by Crippen LogP contribution is -2.12. The number of hydrogen-bond acceptors (Lipinski definition) is 4. The van der Waals surface area contributed by atoms with Gasteiger partial charge in [-0.2, -0.15) is 0 Å². The topological polar surface area (TPSA) is 40.0 Å². The van der Waals surface area contributed by atoms with Crippen LogP contribution in [0.4, 0.5) is 0 Å². The van der Waals surface area contributed by atoms with Crippen molar-refractivity contribution in [1.82, 2.24) is 0 Å². The second-order valence-electron chi connectivity index (χ2n) is 5.22. The molecule has 0 saturated carbocycles. The lowest BCUT2D eigenvalue weighted by atomic mass is 10.00. The number of rotatable bonds is 5. The second-order valence-corrected chi connectivity index (χ2v) is 5.22. The summed E-state index contributed by atoms with van der Waals surface area (Å²) >= 11 is 0. The van der Waals surface area contributed by atoms with Gasteiger partial charge in [0.1, 0.15) is 17.6 Å². The van der Waals surface area contributed by atoms with Crippen LogP contribution in [0.25, 0.3) is 0 Å². The molecule has 22 heavy (non-hydrogen) atoms. The highest BCUT2D eigenvalue weighted by atomic mass is 16.6. The summed E-state index contributed by atoms with van der Waals surface area (Å²) in [5.74, 6) is 1.69. The Kier molecular flexibility index (Phi) is 4.28. The van der Waals surface area contributed by atoms with Crippen molar-refractivity contribution in [2.24, 2.45) is 5.16 Å². The summed E-state index contributed by atoms with van der Waals surface area (Å²) in [6.07, 6.45) is 1.67. The van der Waals surface area contributed by atoms with E-state index in [1.807, 2.05) is 36.4 Å². The van der Waals surface area contributed by atoms with Gasteiger partial charge in [0.2, 0.25) is 0 Å². The number of benzene rings is 2. The zero-order valence-electron chi connectivity index (χ0n) is 12.8. The first-order chi connectivity index (χ1) is 10.8. The standard InChI is InChI=1S/C18H19NO3/c1-20-14-9-7-13(8-10-14)11-15-12-17(19-22-15)16-5-3-4-6-18(16)21-2/h3-10,15H,11-12H2,1-2H3. The fourth-order valence-electron chi connectivity index (χ4n) is 2.60. The van der Waals surface area contributed by atoms with Gasteiger partial charge in [-0.05, 0) is 29.8 Å². The van der Waals surface area contributed by atoms with Gasteiger partial charge in [0.05, 0.1) is 19.9 Å². The molecule has 4 heteroatoms. The van der Waals surface area contributed by atoms with Crippen molar-refractivity contribution in [1.29, 1.82) is 0 Å². The Morgan fingerprint density at radius 2 is 1.82 bits per heavy atom. The van der Waals surface area contributed by atoms with Crippen molar-refractivity contribution < 1.29 is 14.3 Å². The van der Waals surface area contributed by atoms with Crippen molar-refractivity contribution in [3.05, 3.63) is 59.7 Å². The van der Waals surface area contributed by atoms with E-state index in [1.54, 1.807) is 14.2 Å². The molecule has 0 radical (unpaired) electrons. The van der Waals surface area contributed by atoms with E-state index in [1.165, 1.54) is 5.56 Å². The smallest absolute Gasteiger partial charge is 0.137 e. The lowest BCUT2D eigenvalue weighted by Gasteiger charge is -2.09. The van der Waals surface area contributed by atoms with E-state index in [0.29, 0.717) is 0 Å². The van der Waals surface area contributed by atoms with Crippen LogP contribution in [0.5, 0.6) is 11.5 Å². The van der Waals surface area contributed by atoms with Crippen LogP contribution in [0, 0.1) is 0 Å². The van der Waals surface area contributed by atoms with Crippen LogP contribution in [0.15, 0.2) is 53.7 Å². The molecule has 0 amide bonds. The summed E-state index contributed by atoms with van der Waals surface area (Å²) in [6, 6.07) is 15.9. The SMILES string of the molecule is COc1ccc(CC2CC(c3ccccc3OC)=NO2)cc1. The van der Waals surface area contributed by atoms with Gasteiger partial charge in [0.25, 0.3) is 0 Å². The molecule has 0 N–H and O–H groups in total. The zero-order chi connectivity index (χ0) is 15.4. The number of nitrogens with zero attached hydrogens (tertiary/aromatic N) is 1. The molecule has 2 aromatic carbocycles. The second kappa shape index (κ2) is 6.52. The van der Waals surface area contributed by atoms with E-state index in [-0.39, 0.29) is 6.10 Å². The van der Waals surface area contributed by atoms with Crippen molar-refractivity contribution >= 4 is 5.71 Å². The van der Waals surface area contributed by atoms with Gasteiger partial charge in [-0.25, -0.2) is 0 Å². The summed E-state index contributed by atoms with van der Waals surface area (Å²) in [4.78, 5) is 5.58.